The van der Waals surface area contributed by atoms with Gasteiger partial charge in [-0.1, -0.05) is 6.07 Å². The number of anilines is 1. The first-order valence-corrected chi connectivity index (χ1v) is 9.48. The van der Waals surface area contributed by atoms with Crippen molar-refractivity contribution in [2.24, 2.45) is 5.92 Å². The third-order valence-electron chi connectivity index (χ3n) is 4.28. The predicted octanol–water partition coefficient (Wildman–Crippen LogP) is 3.33. The van der Waals surface area contributed by atoms with E-state index in [1.807, 2.05) is 0 Å². The number of rotatable bonds is 6. The van der Waals surface area contributed by atoms with E-state index in [9.17, 15) is 13.6 Å². The zero-order valence-electron chi connectivity index (χ0n) is 14.6. The van der Waals surface area contributed by atoms with Gasteiger partial charge in [-0.25, -0.2) is 13.8 Å². The molecule has 1 saturated heterocycles. The Labute approximate surface area is 163 Å². The van der Waals surface area contributed by atoms with Crippen LogP contribution in [0.25, 0.3) is 10.6 Å². The molecule has 1 amide bonds. The molecule has 0 aliphatic carbocycles. The molecule has 1 aliphatic rings. The van der Waals surface area contributed by atoms with E-state index >= 15 is 0 Å². The van der Waals surface area contributed by atoms with Crippen molar-refractivity contribution in [3.63, 3.8) is 0 Å². The maximum absolute atomic E-state index is 13.9. The molecule has 9 heteroatoms. The van der Waals surface area contributed by atoms with Gasteiger partial charge in [0.25, 0.3) is 5.91 Å². The number of hydrogen-bond donors (Lipinski definition) is 2. The van der Waals surface area contributed by atoms with Crippen LogP contribution in [0.5, 0.6) is 5.75 Å². The molecule has 3 aromatic rings. The van der Waals surface area contributed by atoms with Crippen molar-refractivity contribution in [2.45, 2.75) is 0 Å². The number of benzene rings is 1. The standard InChI is InChI=1S/C19H16F2N4O2S/c20-12-2-1-3-13(21)17(12)19-25-15(10-28-19)18(26)24-14-8-22-5-4-16(14)27-9-11-6-23-7-11/h1-5,8,10-11,23H,6-7,9H2,(H,24,26). The number of nitrogens with zero attached hydrogens (tertiary/aromatic N) is 2. The number of nitrogens with one attached hydrogen (secondary N) is 2. The molecule has 0 spiro atoms. The van der Waals surface area contributed by atoms with Gasteiger partial charge in [-0.15, -0.1) is 11.3 Å². The van der Waals surface area contributed by atoms with Crippen molar-refractivity contribution in [3.05, 3.63) is 59.4 Å². The summed E-state index contributed by atoms with van der Waals surface area (Å²) >= 11 is 0.993. The van der Waals surface area contributed by atoms with Gasteiger partial charge < -0.3 is 15.4 Å². The lowest BCUT2D eigenvalue weighted by atomic mass is 10.1. The highest BCUT2D eigenvalue weighted by atomic mass is 32.1. The molecular weight excluding hydrogens is 386 g/mol. The molecular formula is C19H16F2N4O2S. The van der Waals surface area contributed by atoms with Crippen molar-refractivity contribution >= 4 is 22.9 Å². The second-order valence-corrected chi connectivity index (χ2v) is 7.15. The third-order valence-corrected chi connectivity index (χ3v) is 5.14. The molecule has 2 N–H and O–H groups in total. The van der Waals surface area contributed by atoms with Crippen LogP contribution in [0.2, 0.25) is 0 Å². The van der Waals surface area contributed by atoms with E-state index in [0.29, 0.717) is 24.0 Å². The van der Waals surface area contributed by atoms with Crippen molar-refractivity contribution in [1.82, 2.24) is 15.3 Å². The fourth-order valence-electron chi connectivity index (χ4n) is 2.66. The maximum atomic E-state index is 13.9. The number of carbonyl (C=O) groups is 1. The Kier molecular flexibility index (Phi) is 5.27. The predicted molar refractivity (Wildman–Crippen MR) is 102 cm³/mol. The molecule has 0 atom stereocenters. The van der Waals surface area contributed by atoms with E-state index in [1.165, 1.54) is 17.6 Å². The van der Waals surface area contributed by atoms with Gasteiger partial charge in [0.15, 0.2) is 0 Å². The summed E-state index contributed by atoms with van der Waals surface area (Å²) in [5.41, 5.74) is 0.220. The fourth-order valence-corrected chi connectivity index (χ4v) is 3.50. The van der Waals surface area contributed by atoms with Crippen LogP contribution in [0.15, 0.2) is 42.0 Å². The lowest BCUT2D eigenvalue weighted by Crippen LogP contribution is -2.45. The molecule has 0 bridgehead atoms. The summed E-state index contributed by atoms with van der Waals surface area (Å²) in [7, 11) is 0. The molecule has 144 valence electrons. The van der Waals surface area contributed by atoms with Gasteiger partial charge in [0, 0.05) is 36.7 Å². The van der Waals surface area contributed by atoms with E-state index in [4.69, 9.17) is 4.74 Å². The third kappa shape index (κ3) is 3.85. The lowest BCUT2D eigenvalue weighted by Gasteiger charge is -2.27. The smallest absolute Gasteiger partial charge is 0.275 e. The molecule has 1 aliphatic heterocycles. The van der Waals surface area contributed by atoms with Crippen LogP contribution in [0.4, 0.5) is 14.5 Å². The van der Waals surface area contributed by atoms with E-state index in [2.05, 4.69) is 20.6 Å². The molecule has 0 saturated carbocycles. The number of ether oxygens (including phenoxy) is 1. The van der Waals surface area contributed by atoms with E-state index < -0.39 is 17.5 Å². The summed E-state index contributed by atoms with van der Waals surface area (Å²) in [6.45, 7) is 2.34. The first-order chi connectivity index (χ1) is 13.6. The first-order valence-electron chi connectivity index (χ1n) is 8.60. The summed E-state index contributed by atoms with van der Waals surface area (Å²) in [5, 5.41) is 7.41. The van der Waals surface area contributed by atoms with Crippen molar-refractivity contribution in [2.75, 3.05) is 25.0 Å². The molecule has 1 fully saturated rings. The summed E-state index contributed by atoms with van der Waals surface area (Å²) in [6.07, 6.45) is 3.06. The molecule has 0 radical (unpaired) electrons. The number of hydrogen-bond acceptors (Lipinski definition) is 6. The zero-order valence-corrected chi connectivity index (χ0v) is 15.4. The monoisotopic (exact) mass is 402 g/mol. The Morgan fingerprint density at radius 1 is 1.29 bits per heavy atom. The molecule has 1 aromatic carbocycles. The van der Waals surface area contributed by atoms with E-state index in [1.54, 1.807) is 12.3 Å². The SMILES string of the molecule is O=C(Nc1cnccc1OCC1CNC1)c1csc(-c2c(F)cccc2F)n1. The van der Waals surface area contributed by atoms with Crippen molar-refractivity contribution < 1.29 is 18.3 Å². The second-order valence-electron chi connectivity index (χ2n) is 6.30. The van der Waals surface area contributed by atoms with Gasteiger partial charge in [0.1, 0.15) is 33.8 Å². The quantitative estimate of drug-likeness (QED) is 0.662. The average molecular weight is 402 g/mol. The molecule has 6 nitrogen and oxygen atoms in total. The van der Waals surface area contributed by atoms with E-state index in [-0.39, 0.29) is 16.3 Å². The van der Waals surface area contributed by atoms with Crippen molar-refractivity contribution in [1.29, 1.82) is 0 Å². The highest BCUT2D eigenvalue weighted by Crippen LogP contribution is 2.30. The number of thiazole rings is 1. The van der Waals surface area contributed by atoms with Crippen LogP contribution < -0.4 is 15.4 Å². The van der Waals surface area contributed by atoms with E-state index in [0.717, 1.165) is 36.6 Å². The van der Waals surface area contributed by atoms with Gasteiger partial charge in [-0.3, -0.25) is 9.78 Å². The summed E-state index contributed by atoms with van der Waals surface area (Å²) in [6, 6.07) is 5.24. The van der Waals surface area contributed by atoms with Gasteiger partial charge in [0.2, 0.25) is 0 Å². The van der Waals surface area contributed by atoms with Crippen LogP contribution in [0.1, 0.15) is 10.5 Å². The highest BCUT2D eigenvalue weighted by Gasteiger charge is 2.20. The number of halogens is 2. The van der Waals surface area contributed by atoms with Gasteiger partial charge in [-0.2, -0.15) is 0 Å². The van der Waals surface area contributed by atoms with Crippen LogP contribution in [-0.2, 0) is 0 Å². The van der Waals surface area contributed by atoms with Gasteiger partial charge in [-0.05, 0) is 12.1 Å². The Balaban J connectivity index is 1.50. The zero-order chi connectivity index (χ0) is 19.5. The minimum atomic E-state index is -0.727. The Hall–Kier alpha value is -2.91. The Bertz CT molecular complexity index is 987. The largest absolute Gasteiger partial charge is 0.491 e. The summed E-state index contributed by atoms with van der Waals surface area (Å²) < 4.78 is 33.6. The minimum Gasteiger partial charge on any atom is -0.491 e. The normalized spacial score (nSPS) is 13.8. The average Bonchev–Trinajstić information content (AvgIpc) is 3.11. The van der Waals surface area contributed by atoms with Crippen LogP contribution in [0.3, 0.4) is 0 Å². The Morgan fingerprint density at radius 2 is 2.07 bits per heavy atom. The number of pyridine rings is 1. The van der Waals surface area contributed by atoms with Crippen LogP contribution >= 0.6 is 11.3 Å². The highest BCUT2D eigenvalue weighted by molar-refractivity contribution is 7.13. The first kappa shape index (κ1) is 18.5. The number of carbonyl (C=O) groups excluding carboxylic acids is 1. The Morgan fingerprint density at radius 3 is 2.79 bits per heavy atom. The summed E-state index contributed by atoms with van der Waals surface area (Å²) in [5.74, 6) is -1.02. The molecule has 0 unspecified atom stereocenters. The van der Waals surface area contributed by atoms with Crippen molar-refractivity contribution in [3.8, 4) is 16.3 Å². The lowest BCUT2D eigenvalue weighted by molar-refractivity contribution is 0.102. The van der Waals surface area contributed by atoms with Gasteiger partial charge >= 0.3 is 0 Å². The minimum absolute atomic E-state index is 0.0562. The molecule has 28 heavy (non-hydrogen) atoms. The van der Waals surface area contributed by atoms with Crippen LogP contribution in [0, 0.1) is 17.6 Å². The van der Waals surface area contributed by atoms with Crippen LogP contribution in [-0.4, -0.2) is 35.6 Å². The second kappa shape index (κ2) is 7.99. The van der Waals surface area contributed by atoms with Gasteiger partial charge in [0.05, 0.1) is 18.4 Å². The molecule has 4 rings (SSSR count). The molecule has 2 aromatic heterocycles. The summed E-state index contributed by atoms with van der Waals surface area (Å²) in [4.78, 5) is 20.6. The number of aromatic nitrogens is 2. The maximum Gasteiger partial charge on any atom is 0.275 e. The topological polar surface area (TPSA) is 76.1 Å². The number of amides is 1. The fraction of sp³-hybridized carbons (Fsp3) is 0.211. The molecule has 3 heterocycles.